The number of likely N-dealkylation sites (N-methyl/N-ethyl adjacent to an activating group) is 1. The second kappa shape index (κ2) is 5.45. The zero-order valence-corrected chi connectivity index (χ0v) is 10.4. The van der Waals surface area contributed by atoms with Crippen molar-refractivity contribution in [1.82, 2.24) is 9.88 Å². The van der Waals surface area contributed by atoms with E-state index in [1.54, 1.807) is 6.20 Å². The second-order valence-corrected chi connectivity index (χ2v) is 4.21. The Balaban J connectivity index is 2.28. The average molecular weight is 242 g/mol. The number of carbonyl (C=O) groups excluding carboxylic acids is 1. The number of hydrogen-bond acceptors (Lipinski definition) is 4. The Morgan fingerprint density at radius 1 is 1.33 bits per heavy atom. The van der Waals surface area contributed by atoms with Gasteiger partial charge >= 0.3 is 0 Å². The summed E-state index contributed by atoms with van der Waals surface area (Å²) in [5, 5.41) is 0. The van der Waals surface area contributed by atoms with Crippen molar-refractivity contribution in [2.45, 2.75) is 0 Å². The fourth-order valence-electron chi connectivity index (χ4n) is 1.60. The van der Waals surface area contributed by atoms with Crippen molar-refractivity contribution in [3.05, 3.63) is 42.3 Å². The summed E-state index contributed by atoms with van der Waals surface area (Å²) < 4.78 is 5.59. The van der Waals surface area contributed by atoms with Crippen LogP contribution in [0.1, 0.15) is 5.76 Å². The number of hydrogen-bond donors (Lipinski definition) is 0. The number of nitrogens with zero attached hydrogens (tertiary/aromatic N) is 2. The summed E-state index contributed by atoms with van der Waals surface area (Å²) in [6.45, 7) is 0.479. The molecule has 4 nitrogen and oxygen atoms in total. The summed E-state index contributed by atoms with van der Waals surface area (Å²) in [6.07, 6.45) is 1.56. The van der Waals surface area contributed by atoms with E-state index < -0.39 is 0 Å². The van der Waals surface area contributed by atoms with Crippen LogP contribution in [0.15, 0.2) is 40.9 Å². The van der Waals surface area contributed by atoms with Crippen LogP contribution < -0.4 is 0 Å². The van der Waals surface area contributed by atoms with Gasteiger partial charge in [0.05, 0.1) is 11.8 Å². The van der Waals surface area contributed by atoms with Crippen LogP contribution >= 0.6 is 0 Å². The SMILES string of the molecule is CN(C)CC(=C=O)c1cnc(-c2ccccc2)o1. The van der Waals surface area contributed by atoms with Crippen molar-refractivity contribution in [3.63, 3.8) is 0 Å². The summed E-state index contributed by atoms with van der Waals surface area (Å²) in [6, 6.07) is 9.57. The summed E-state index contributed by atoms with van der Waals surface area (Å²) in [5.74, 6) is 2.89. The molecular formula is C14H14N2O2. The molecule has 18 heavy (non-hydrogen) atoms. The van der Waals surface area contributed by atoms with Crippen LogP contribution in [0.25, 0.3) is 17.0 Å². The normalized spacial score (nSPS) is 10.4. The molecule has 0 radical (unpaired) electrons. The minimum Gasteiger partial charge on any atom is -0.436 e. The lowest BCUT2D eigenvalue weighted by Gasteiger charge is -2.07. The monoisotopic (exact) mass is 242 g/mol. The van der Waals surface area contributed by atoms with Gasteiger partial charge in [0, 0.05) is 12.1 Å². The summed E-state index contributed by atoms with van der Waals surface area (Å²) in [7, 11) is 3.76. The molecule has 1 aromatic heterocycles. The lowest BCUT2D eigenvalue weighted by atomic mass is 10.2. The third-order valence-corrected chi connectivity index (χ3v) is 2.42. The molecule has 0 amide bonds. The Labute approximate surface area is 106 Å². The van der Waals surface area contributed by atoms with Gasteiger partial charge < -0.3 is 9.32 Å². The topological polar surface area (TPSA) is 46.3 Å². The highest BCUT2D eigenvalue weighted by atomic mass is 16.4. The van der Waals surface area contributed by atoms with E-state index in [2.05, 4.69) is 4.98 Å². The maximum atomic E-state index is 10.9. The summed E-state index contributed by atoms with van der Waals surface area (Å²) in [4.78, 5) is 17.0. The van der Waals surface area contributed by atoms with Crippen molar-refractivity contribution >= 4 is 11.5 Å². The number of oxazole rings is 1. The molecule has 0 bridgehead atoms. The van der Waals surface area contributed by atoms with E-state index in [4.69, 9.17) is 4.42 Å². The molecule has 0 atom stereocenters. The molecule has 0 N–H and O–H groups in total. The lowest BCUT2D eigenvalue weighted by molar-refractivity contribution is 0.455. The van der Waals surface area contributed by atoms with Gasteiger partial charge in [0.1, 0.15) is 5.94 Å². The van der Waals surface area contributed by atoms with Gasteiger partial charge in [0.15, 0.2) is 5.76 Å². The molecule has 0 saturated carbocycles. The Hall–Kier alpha value is -2.16. The molecule has 4 heteroatoms. The molecule has 1 aromatic carbocycles. The van der Waals surface area contributed by atoms with Crippen LogP contribution in [0.3, 0.4) is 0 Å². The van der Waals surface area contributed by atoms with Gasteiger partial charge in [-0.1, -0.05) is 18.2 Å². The van der Waals surface area contributed by atoms with Crippen LogP contribution in [0, 0.1) is 0 Å². The van der Waals surface area contributed by atoms with Gasteiger partial charge in [-0.05, 0) is 26.2 Å². The maximum absolute atomic E-state index is 10.9. The molecule has 92 valence electrons. The highest BCUT2D eigenvalue weighted by Gasteiger charge is 2.12. The Bertz CT molecular complexity index is 566. The number of aromatic nitrogens is 1. The van der Waals surface area contributed by atoms with Gasteiger partial charge in [-0.15, -0.1) is 0 Å². The Morgan fingerprint density at radius 2 is 2.06 bits per heavy atom. The number of benzene rings is 1. The van der Waals surface area contributed by atoms with Crippen LogP contribution in [-0.4, -0.2) is 36.5 Å². The van der Waals surface area contributed by atoms with E-state index in [9.17, 15) is 4.79 Å². The smallest absolute Gasteiger partial charge is 0.226 e. The van der Waals surface area contributed by atoms with Gasteiger partial charge in [0.25, 0.3) is 0 Å². The van der Waals surface area contributed by atoms with E-state index >= 15 is 0 Å². The highest BCUT2D eigenvalue weighted by molar-refractivity contribution is 5.86. The predicted octanol–water partition coefficient (Wildman–Crippen LogP) is 2.12. The fourth-order valence-corrected chi connectivity index (χ4v) is 1.60. The highest BCUT2D eigenvalue weighted by Crippen LogP contribution is 2.22. The molecule has 0 aliphatic rings. The minimum atomic E-state index is 0.467. The van der Waals surface area contributed by atoms with Crippen molar-refractivity contribution in [3.8, 4) is 11.5 Å². The third-order valence-electron chi connectivity index (χ3n) is 2.42. The zero-order valence-electron chi connectivity index (χ0n) is 10.4. The molecular weight excluding hydrogens is 228 g/mol. The molecule has 2 aromatic rings. The second-order valence-electron chi connectivity index (χ2n) is 4.21. The van der Waals surface area contributed by atoms with Gasteiger partial charge in [-0.2, -0.15) is 0 Å². The van der Waals surface area contributed by atoms with Gasteiger partial charge in [-0.25, -0.2) is 9.78 Å². The first-order valence-corrected chi connectivity index (χ1v) is 5.61. The first kappa shape index (κ1) is 12.3. The molecule has 0 saturated heterocycles. The number of rotatable bonds is 4. The van der Waals surface area contributed by atoms with E-state index in [-0.39, 0.29) is 0 Å². The maximum Gasteiger partial charge on any atom is 0.226 e. The predicted molar refractivity (Wildman–Crippen MR) is 69.6 cm³/mol. The largest absolute Gasteiger partial charge is 0.436 e. The lowest BCUT2D eigenvalue weighted by Crippen LogP contribution is -2.14. The van der Waals surface area contributed by atoms with Crippen molar-refractivity contribution in [1.29, 1.82) is 0 Å². The van der Waals surface area contributed by atoms with E-state index in [0.29, 0.717) is 23.8 Å². The van der Waals surface area contributed by atoms with E-state index in [1.165, 1.54) is 0 Å². The van der Waals surface area contributed by atoms with Crippen LogP contribution in [0.4, 0.5) is 0 Å². The molecule has 2 rings (SSSR count). The third kappa shape index (κ3) is 2.74. The van der Waals surface area contributed by atoms with Crippen LogP contribution in [0.2, 0.25) is 0 Å². The first-order chi connectivity index (χ1) is 8.70. The van der Waals surface area contributed by atoms with Crippen molar-refractivity contribution in [2.75, 3.05) is 20.6 Å². The van der Waals surface area contributed by atoms with E-state index in [1.807, 2.05) is 55.3 Å². The molecule has 1 heterocycles. The molecule has 0 unspecified atom stereocenters. The fraction of sp³-hybridized carbons (Fsp3) is 0.214. The Morgan fingerprint density at radius 3 is 2.67 bits per heavy atom. The molecule has 0 aliphatic heterocycles. The van der Waals surface area contributed by atoms with Crippen molar-refractivity contribution < 1.29 is 9.21 Å². The van der Waals surface area contributed by atoms with Gasteiger partial charge in [-0.3, -0.25) is 0 Å². The average Bonchev–Trinajstić information content (AvgIpc) is 2.86. The van der Waals surface area contributed by atoms with Crippen molar-refractivity contribution in [2.24, 2.45) is 0 Å². The zero-order chi connectivity index (χ0) is 13.0. The van der Waals surface area contributed by atoms with E-state index in [0.717, 1.165) is 5.56 Å². The first-order valence-electron chi connectivity index (χ1n) is 5.61. The van der Waals surface area contributed by atoms with Crippen LogP contribution in [-0.2, 0) is 4.79 Å². The Kier molecular flexibility index (Phi) is 3.72. The van der Waals surface area contributed by atoms with Gasteiger partial charge in [0.2, 0.25) is 5.89 Å². The standard InChI is InChI=1S/C14H14N2O2/c1-16(2)9-12(10-17)13-8-15-14(18-13)11-6-4-3-5-7-11/h3-8H,9H2,1-2H3. The van der Waals surface area contributed by atoms with Crippen LogP contribution in [0.5, 0.6) is 0 Å². The summed E-state index contributed by atoms with van der Waals surface area (Å²) in [5.41, 5.74) is 1.36. The molecule has 0 aliphatic carbocycles. The molecule has 0 spiro atoms. The summed E-state index contributed by atoms with van der Waals surface area (Å²) >= 11 is 0. The molecule has 0 fully saturated rings. The minimum absolute atomic E-state index is 0.467. The quantitative estimate of drug-likeness (QED) is 0.770.